The van der Waals surface area contributed by atoms with E-state index in [0.717, 1.165) is 11.3 Å². The zero-order valence-corrected chi connectivity index (χ0v) is 23.8. The van der Waals surface area contributed by atoms with Gasteiger partial charge in [0.1, 0.15) is 12.0 Å². The number of halogens is 3. The molecule has 1 aromatic heterocycles. The van der Waals surface area contributed by atoms with Crippen molar-refractivity contribution in [3.05, 3.63) is 29.6 Å². The Labute approximate surface area is 241 Å². The fourth-order valence-electron chi connectivity index (χ4n) is 5.09. The lowest BCUT2D eigenvalue weighted by molar-refractivity contribution is -0.185. The second kappa shape index (κ2) is 14.5. The van der Waals surface area contributed by atoms with Crippen LogP contribution < -0.4 is 5.32 Å². The van der Waals surface area contributed by atoms with E-state index in [4.69, 9.17) is 14.2 Å². The molecular formula is C28H36F3N3O8. The Hall–Kier alpha value is -3.71. The van der Waals surface area contributed by atoms with E-state index in [1.807, 2.05) is 5.32 Å². The Morgan fingerprint density at radius 1 is 1.10 bits per heavy atom. The lowest BCUT2D eigenvalue weighted by Gasteiger charge is -2.45. The number of aromatic nitrogens is 1. The molecule has 2 aliphatic rings. The summed E-state index contributed by atoms with van der Waals surface area (Å²) in [4.78, 5) is 67.6. The van der Waals surface area contributed by atoms with Crippen LogP contribution in [0.1, 0.15) is 64.1 Å². The predicted molar refractivity (Wildman–Crippen MR) is 139 cm³/mol. The van der Waals surface area contributed by atoms with Crippen molar-refractivity contribution in [3.63, 3.8) is 0 Å². The molecule has 42 heavy (non-hydrogen) atoms. The van der Waals surface area contributed by atoms with Gasteiger partial charge in [-0.15, -0.1) is 0 Å². The van der Waals surface area contributed by atoms with Crippen LogP contribution in [0.3, 0.4) is 0 Å². The molecule has 1 aromatic rings. The van der Waals surface area contributed by atoms with E-state index in [-0.39, 0.29) is 25.3 Å². The van der Waals surface area contributed by atoms with Gasteiger partial charge in [0.15, 0.2) is 6.04 Å². The van der Waals surface area contributed by atoms with Crippen molar-refractivity contribution < 1.29 is 51.4 Å². The van der Waals surface area contributed by atoms with Gasteiger partial charge in [-0.1, -0.05) is 33.1 Å². The summed E-state index contributed by atoms with van der Waals surface area (Å²) in [7, 11) is 0. The summed E-state index contributed by atoms with van der Waals surface area (Å²) in [6.45, 7) is 3.97. The number of carbonyl (C=O) groups excluding carboxylic acids is 5. The summed E-state index contributed by atoms with van der Waals surface area (Å²) in [5, 5.41) is 2.02. The van der Waals surface area contributed by atoms with Crippen LogP contribution in [0.25, 0.3) is 0 Å². The number of hydrogen-bond donors (Lipinski definition) is 1. The lowest BCUT2D eigenvalue weighted by Crippen LogP contribution is -2.69. The first-order chi connectivity index (χ1) is 19.8. The molecule has 0 bridgehead atoms. The molecule has 1 saturated heterocycles. The second-order valence-corrected chi connectivity index (χ2v) is 10.7. The summed E-state index contributed by atoms with van der Waals surface area (Å²) in [6, 6.07) is -0.542. The second-order valence-electron chi connectivity index (χ2n) is 10.7. The molecule has 1 aliphatic carbocycles. The number of alkyl halides is 3. The normalized spacial score (nSPS) is 20.0. The van der Waals surface area contributed by atoms with E-state index in [0.29, 0.717) is 31.2 Å². The zero-order valence-electron chi connectivity index (χ0n) is 23.8. The highest BCUT2D eigenvalue weighted by Gasteiger charge is 2.57. The minimum Gasteiger partial charge on any atom is -0.464 e. The van der Waals surface area contributed by atoms with Gasteiger partial charge in [0.05, 0.1) is 24.6 Å². The Bertz CT molecular complexity index is 1150. The predicted octanol–water partition coefficient (Wildman–Crippen LogP) is 2.84. The fourth-order valence-corrected chi connectivity index (χ4v) is 5.09. The minimum absolute atomic E-state index is 0.0626. The smallest absolute Gasteiger partial charge is 0.408 e. The first kappa shape index (κ1) is 32.8. The number of ether oxygens (including phenoxy) is 3. The molecule has 0 radical (unpaired) electrons. The van der Waals surface area contributed by atoms with Gasteiger partial charge >= 0.3 is 24.1 Å². The van der Waals surface area contributed by atoms with Crippen LogP contribution in [0.2, 0.25) is 0 Å². The molecule has 2 heterocycles. The van der Waals surface area contributed by atoms with E-state index in [1.165, 1.54) is 25.3 Å². The Morgan fingerprint density at radius 3 is 2.40 bits per heavy atom. The van der Waals surface area contributed by atoms with Crippen molar-refractivity contribution in [1.82, 2.24) is 15.2 Å². The fraction of sp³-hybridized carbons (Fsp3) is 0.643. The average molecular weight is 600 g/mol. The summed E-state index contributed by atoms with van der Waals surface area (Å²) in [5.74, 6) is -7.02. The van der Waals surface area contributed by atoms with E-state index < -0.39 is 72.5 Å². The molecular weight excluding hydrogens is 563 g/mol. The average Bonchev–Trinajstić information content (AvgIpc) is 2.93. The Kier molecular flexibility index (Phi) is 11.3. The third kappa shape index (κ3) is 8.41. The monoisotopic (exact) mass is 599 g/mol. The largest absolute Gasteiger partial charge is 0.464 e. The number of carbonyl (C=O) groups is 5. The molecule has 3 rings (SSSR count). The van der Waals surface area contributed by atoms with Crippen LogP contribution in [0.5, 0.6) is 0 Å². The quantitative estimate of drug-likeness (QED) is 0.166. The van der Waals surface area contributed by atoms with Crippen molar-refractivity contribution in [2.24, 2.45) is 17.8 Å². The van der Waals surface area contributed by atoms with Gasteiger partial charge in [-0.2, -0.15) is 13.2 Å². The molecule has 1 unspecified atom stereocenters. The van der Waals surface area contributed by atoms with Crippen molar-refractivity contribution in [2.75, 3.05) is 13.4 Å². The number of pyridine rings is 1. The van der Waals surface area contributed by atoms with Crippen LogP contribution in [0.15, 0.2) is 18.3 Å². The number of β-lactam (4-membered cyclic amide) rings is 1. The van der Waals surface area contributed by atoms with E-state index in [1.54, 1.807) is 13.8 Å². The highest BCUT2D eigenvalue weighted by atomic mass is 19.4. The third-order valence-corrected chi connectivity index (χ3v) is 7.23. The molecule has 1 aliphatic heterocycles. The molecule has 1 N–H and O–H groups in total. The minimum atomic E-state index is -4.71. The van der Waals surface area contributed by atoms with E-state index >= 15 is 0 Å². The highest BCUT2D eigenvalue weighted by Crippen LogP contribution is 2.36. The molecule has 14 heteroatoms. The van der Waals surface area contributed by atoms with Gasteiger partial charge in [-0.3, -0.25) is 24.2 Å². The maximum absolute atomic E-state index is 13.9. The van der Waals surface area contributed by atoms with E-state index in [9.17, 15) is 37.1 Å². The van der Waals surface area contributed by atoms with Crippen LogP contribution in [0.4, 0.5) is 13.2 Å². The first-order valence-corrected chi connectivity index (χ1v) is 13.9. The van der Waals surface area contributed by atoms with Gasteiger partial charge in [-0.25, -0.2) is 4.79 Å². The van der Waals surface area contributed by atoms with E-state index in [2.05, 4.69) is 4.98 Å². The maximum Gasteiger partial charge on any atom is 0.408 e. The molecule has 3 atom stereocenters. The van der Waals surface area contributed by atoms with Crippen molar-refractivity contribution in [3.8, 4) is 0 Å². The van der Waals surface area contributed by atoms with Crippen LogP contribution in [-0.2, 0) is 51.1 Å². The first-order valence-electron chi connectivity index (χ1n) is 13.9. The van der Waals surface area contributed by atoms with Crippen molar-refractivity contribution >= 4 is 29.7 Å². The van der Waals surface area contributed by atoms with Gasteiger partial charge < -0.3 is 24.4 Å². The summed E-state index contributed by atoms with van der Waals surface area (Å²) in [6.07, 6.45) is -0.973. The number of nitrogens with zero attached hydrogens (tertiary/aromatic N) is 2. The summed E-state index contributed by atoms with van der Waals surface area (Å²) >= 11 is 0. The topological polar surface area (TPSA) is 141 Å². The van der Waals surface area contributed by atoms with Crippen LogP contribution in [-0.4, -0.2) is 71.3 Å². The molecule has 2 amide bonds. The number of hydrogen-bond acceptors (Lipinski definition) is 9. The standard InChI is InChI=1S/C28H36F3N3O8/c1-4-40-27(39)22-21(24(36)33-23(28(29,30)31)18-8-6-5-7-9-18)25(37)34(22)14-17-10-11-32-19(12-17)13-20(35)41-15-42-26(38)16(2)3/h10-12,16,18,21-23H,4-9,13-15H2,1-3H3,(H,33,36)/t21?,22-,23+/m1/s1. The Morgan fingerprint density at radius 2 is 1.79 bits per heavy atom. The van der Waals surface area contributed by atoms with Gasteiger partial charge in [0.2, 0.25) is 18.6 Å². The number of likely N-dealkylation sites (tertiary alicyclic amines) is 1. The number of amides is 2. The molecule has 0 aromatic carbocycles. The summed E-state index contributed by atoms with van der Waals surface area (Å²) in [5.41, 5.74) is 0.694. The van der Waals surface area contributed by atoms with Crippen molar-refractivity contribution in [1.29, 1.82) is 0 Å². The molecule has 0 spiro atoms. The molecule has 11 nitrogen and oxygen atoms in total. The van der Waals surface area contributed by atoms with Gasteiger partial charge in [0.25, 0.3) is 0 Å². The summed E-state index contributed by atoms with van der Waals surface area (Å²) < 4.78 is 56.4. The van der Waals surface area contributed by atoms with Crippen molar-refractivity contribution in [2.45, 2.75) is 84.1 Å². The Balaban J connectivity index is 1.68. The van der Waals surface area contributed by atoms with Crippen LogP contribution >= 0.6 is 0 Å². The molecule has 232 valence electrons. The highest BCUT2D eigenvalue weighted by molar-refractivity contribution is 6.11. The van der Waals surface area contributed by atoms with Gasteiger partial charge in [0, 0.05) is 12.7 Å². The number of rotatable bonds is 12. The van der Waals surface area contributed by atoms with Crippen LogP contribution in [0, 0.1) is 17.8 Å². The SMILES string of the molecule is CCOC(=O)[C@H]1C(C(=O)N[C@@H](C2CCCCC2)C(F)(F)F)C(=O)N1Cc1ccnc(CC(=O)OCOC(=O)C(C)C)c1. The zero-order chi connectivity index (χ0) is 31.0. The maximum atomic E-state index is 13.9. The number of esters is 3. The molecule has 2 fully saturated rings. The third-order valence-electron chi connectivity index (χ3n) is 7.23. The van der Waals surface area contributed by atoms with Gasteiger partial charge in [-0.05, 0) is 43.4 Å². The molecule has 1 saturated carbocycles. The lowest BCUT2D eigenvalue weighted by atomic mass is 9.82. The number of nitrogens with one attached hydrogen (secondary N) is 1.